The number of nitrogens with zero attached hydrogens (tertiary/aromatic N) is 1. The van der Waals surface area contributed by atoms with Crippen LogP contribution in [0, 0.1) is 12.1 Å². The van der Waals surface area contributed by atoms with Crippen molar-refractivity contribution < 1.29 is 9.47 Å². The fourth-order valence-electron chi connectivity index (χ4n) is 2.75. The SMILES string of the molecule is Cc1ccc2c(Br)c(C3CCOCC3)[n+]([O-])cc2c1. The van der Waals surface area contributed by atoms with E-state index < -0.39 is 0 Å². The molecule has 0 N–H and O–H groups in total. The quantitative estimate of drug-likeness (QED) is 0.596. The number of halogens is 1. The van der Waals surface area contributed by atoms with Crippen LogP contribution in [0.25, 0.3) is 10.8 Å². The summed E-state index contributed by atoms with van der Waals surface area (Å²) in [5.41, 5.74) is 2.01. The lowest BCUT2D eigenvalue weighted by molar-refractivity contribution is -0.615. The Bertz CT molecular complexity index is 621. The van der Waals surface area contributed by atoms with Gasteiger partial charge in [0.2, 0.25) is 5.69 Å². The van der Waals surface area contributed by atoms with E-state index in [4.69, 9.17) is 4.74 Å². The minimum Gasteiger partial charge on any atom is -0.618 e. The van der Waals surface area contributed by atoms with Gasteiger partial charge in [-0.25, -0.2) is 0 Å². The van der Waals surface area contributed by atoms with E-state index in [-0.39, 0.29) is 5.92 Å². The zero-order chi connectivity index (χ0) is 13.4. The van der Waals surface area contributed by atoms with E-state index in [9.17, 15) is 5.21 Å². The molecule has 1 fully saturated rings. The lowest BCUT2D eigenvalue weighted by Gasteiger charge is -2.22. The normalized spacial score (nSPS) is 16.9. The van der Waals surface area contributed by atoms with E-state index in [1.165, 1.54) is 5.56 Å². The smallest absolute Gasteiger partial charge is 0.210 e. The summed E-state index contributed by atoms with van der Waals surface area (Å²) in [4.78, 5) is 0. The molecule has 1 aromatic carbocycles. The molecule has 0 saturated carbocycles. The number of hydrogen-bond donors (Lipinski definition) is 0. The summed E-state index contributed by atoms with van der Waals surface area (Å²) in [5, 5.41) is 14.4. The van der Waals surface area contributed by atoms with E-state index >= 15 is 0 Å². The number of rotatable bonds is 1. The average Bonchev–Trinajstić information content (AvgIpc) is 2.39. The predicted octanol–water partition coefficient (Wildman–Crippen LogP) is 3.44. The molecule has 0 spiro atoms. The van der Waals surface area contributed by atoms with E-state index in [1.807, 2.05) is 13.0 Å². The Kier molecular flexibility index (Phi) is 3.46. The third-order valence-corrected chi connectivity index (χ3v) is 4.60. The Morgan fingerprint density at radius 2 is 2.05 bits per heavy atom. The maximum absolute atomic E-state index is 12.3. The first-order chi connectivity index (χ1) is 9.16. The number of fused-ring (bicyclic) bond motifs is 1. The molecule has 0 unspecified atom stereocenters. The van der Waals surface area contributed by atoms with E-state index in [1.54, 1.807) is 6.20 Å². The van der Waals surface area contributed by atoms with Gasteiger partial charge in [-0.05, 0) is 41.8 Å². The first-order valence-electron chi connectivity index (χ1n) is 6.56. The highest BCUT2D eigenvalue weighted by atomic mass is 79.9. The number of aromatic nitrogens is 1. The van der Waals surface area contributed by atoms with Gasteiger partial charge < -0.3 is 9.94 Å². The number of hydrogen-bond acceptors (Lipinski definition) is 2. The van der Waals surface area contributed by atoms with E-state index in [2.05, 4.69) is 28.1 Å². The van der Waals surface area contributed by atoms with Crippen LogP contribution in [0.15, 0.2) is 28.9 Å². The van der Waals surface area contributed by atoms with Gasteiger partial charge in [-0.15, -0.1) is 0 Å². The highest BCUT2D eigenvalue weighted by Gasteiger charge is 2.27. The number of benzene rings is 1. The summed E-state index contributed by atoms with van der Waals surface area (Å²) in [6, 6.07) is 6.20. The zero-order valence-corrected chi connectivity index (χ0v) is 12.4. The molecule has 1 aliphatic rings. The second-order valence-corrected chi connectivity index (χ2v) is 5.92. The number of pyridine rings is 1. The molecular formula is C15H16BrNO2. The Hall–Kier alpha value is -1.13. The molecule has 2 aromatic rings. The van der Waals surface area contributed by atoms with Gasteiger partial charge in [-0.1, -0.05) is 17.7 Å². The molecule has 0 amide bonds. The number of ether oxygens (including phenoxy) is 1. The molecule has 1 aromatic heterocycles. The molecule has 19 heavy (non-hydrogen) atoms. The van der Waals surface area contributed by atoms with Gasteiger partial charge in [0, 0.05) is 24.0 Å². The fourth-order valence-corrected chi connectivity index (χ4v) is 3.61. The van der Waals surface area contributed by atoms with Gasteiger partial charge >= 0.3 is 0 Å². The first-order valence-corrected chi connectivity index (χ1v) is 7.36. The van der Waals surface area contributed by atoms with Crippen molar-refractivity contribution in [1.29, 1.82) is 0 Å². The molecule has 0 bridgehead atoms. The summed E-state index contributed by atoms with van der Waals surface area (Å²) in [7, 11) is 0. The standard InChI is InChI=1S/C15H16BrNO2/c1-10-2-3-13-12(8-10)9-17(18)15(14(13)16)11-4-6-19-7-5-11/h2-3,8-9,11H,4-7H2,1H3. The van der Waals surface area contributed by atoms with Crippen molar-refractivity contribution in [3.8, 4) is 0 Å². The molecule has 2 heterocycles. The monoisotopic (exact) mass is 321 g/mol. The van der Waals surface area contributed by atoms with Crippen molar-refractivity contribution in [2.75, 3.05) is 13.2 Å². The van der Waals surface area contributed by atoms with E-state index in [0.717, 1.165) is 51.7 Å². The third-order valence-electron chi connectivity index (χ3n) is 3.77. The summed E-state index contributed by atoms with van der Waals surface area (Å²) in [5.74, 6) is 0.284. The second-order valence-electron chi connectivity index (χ2n) is 5.13. The zero-order valence-electron chi connectivity index (χ0n) is 10.9. The summed E-state index contributed by atoms with van der Waals surface area (Å²) < 4.78 is 7.34. The topological polar surface area (TPSA) is 36.2 Å². The highest BCUT2D eigenvalue weighted by Crippen LogP contribution is 2.34. The van der Waals surface area contributed by atoms with Crippen LogP contribution in [0.3, 0.4) is 0 Å². The van der Waals surface area contributed by atoms with Crippen molar-refractivity contribution in [2.45, 2.75) is 25.7 Å². The van der Waals surface area contributed by atoms with Gasteiger partial charge in [-0.2, -0.15) is 4.73 Å². The lowest BCUT2D eigenvalue weighted by Crippen LogP contribution is -2.35. The van der Waals surface area contributed by atoms with Gasteiger partial charge in [0.15, 0.2) is 6.20 Å². The molecule has 0 atom stereocenters. The lowest BCUT2D eigenvalue weighted by atomic mass is 9.94. The molecule has 0 radical (unpaired) electrons. The molecule has 100 valence electrons. The third kappa shape index (κ3) is 2.35. The summed E-state index contributed by atoms with van der Waals surface area (Å²) in [6.07, 6.45) is 3.52. The highest BCUT2D eigenvalue weighted by molar-refractivity contribution is 9.10. The van der Waals surface area contributed by atoms with Gasteiger partial charge in [0.1, 0.15) is 0 Å². The number of aryl methyl sites for hydroxylation is 1. The Morgan fingerprint density at radius 1 is 1.32 bits per heavy atom. The summed E-state index contributed by atoms with van der Waals surface area (Å²) in [6.45, 7) is 3.51. The van der Waals surface area contributed by atoms with Crippen LogP contribution in [-0.4, -0.2) is 13.2 Å². The first kappa shape index (κ1) is 12.9. The van der Waals surface area contributed by atoms with Gasteiger partial charge in [-0.3, -0.25) is 0 Å². The largest absolute Gasteiger partial charge is 0.618 e. The van der Waals surface area contributed by atoms with Crippen molar-refractivity contribution in [3.05, 3.63) is 45.3 Å². The maximum atomic E-state index is 12.3. The van der Waals surface area contributed by atoms with Gasteiger partial charge in [0.05, 0.1) is 10.4 Å². The summed E-state index contributed by atoms with van der Waals surface area (Å²) >= 11 is 3.63. The molecule has 1 saturated heterocycles. The predicted molar refractivity (Wildman–Crippen MR) is 78.1 cm³/mol. The van der Waals surface area contributed by atoms with Crippen molar-refractivity contribution in [2.24, 2.45) is 0 Å². The van der Waals surface area contributed by atoms with E-state index in [0.29, 0.717) is 0 Å². The van der Waals surface area contributed by atoms with Crippen molar-refractivity contribution >= 4 is 26.7 Å². The van der Waals surface area contributed by atoms with Crippen LogP contribution in [0.4, 0.5) is 0 Å². The average molecular weight is 322 g/mol. The second kappa shape index (κ2) is 5.10. The van der Waals surface area contributed by atoms with Crippen LogP contribution in [0.1, 0.15) is 30.0 Å². The Morgan fingerprint density at radius 3 is 2.79 bits per heavy atom. The van der Waals surface area contributed by atoms with Crippen LogP contribution in [0.2, 0.25) is 0 Å². The van der Waals surface area contributed by atoms with Gasteiger partial charge in [0.25, 0.3) is 0 Å². The minimum atomic E-state index is 0.284. The molecular weight excluding hydrogens is 306 g/mol. The van der Waals surface area contributed by atoms with Crippen molar-refractivity contribution in [1.82, 2.24) is 0 Å². The van der Waals surface area contributed by atoms with Crippen LogP contribution in [-0.2, 0) is 4.74 Å². The molecule has 3 nitrogen and oxygen atoms in total. The Labute approximate surface area is 120 Å². The Balaban J connectivity index is 2.16. The van der Waals surface area contributed by atoms with Crippen LogP contribution in [0.5, 0.6) is 0 Å². The fraction of sp³-hybridized carbons (Fsp3) is 0.400. The minimum absolute atomic E-state index is 0.284. The molecule has 4 heteroatoms. The van der Waals surface area contributed by atoms with Crippen LogP contribution < -0.4 is 4.73 Å². The molecule has 0 aliphatic carbocycles. The molecule has 3 rings (SSSR count). The van der Waals surface area contributed by atoms with Crippen molar-refractivity contribution in [3.63, 3.8) is 0 Å². The molecule has 1 aliphatic heterocycles. The maximum Gasteiger partial charge on any atom is 0.210 e. The van der Waals surface area contributed by atoms with Crippen LogP contribution >= 0.6 is 15.9 Å².